The fourth-order valence-corrected chi connectivity index (χ4v) is 3.18. The zero-order valence-electron chi connectivity index (χ0n) is 12.0. The van der Waals surface area contributed by atoms with Crippen LogP contribution in [0.4, 0.5) is 0 Å². The average Bonchev–Trinajstić information content (AvgIpc) is 3.19. The van der Waals surface area contributed by atoms with Crippen LogP contribution in [0, 0.1) is 0 Å². The third kappa shape index (κ3) is 3.40. The molecule has 3 rings (SSSR count). The molecule has 0 spiro atoms. The third-order valence-electron chi connectivity index (χ3n) is 3.34. The van der Waals surface area contributed by atoms with Crippen LogP contribution in [-0.2, 0) is 6.42 Å². The summed E-state index contributed by atoms with van der Waals surface area (Å²) in [5.74, 6) is 0.966. The van der Waals surface area contributed by atoms with Gasteiger partial charge in [0.05, 0.1) is 23.0 Å². The Morgan fingerprint density at radius 1 is 1.19 bits per heavy atom. The van der Waals surface area contributed by atoms with Gasteiger partial charge in [0.2, 0.25) is 0 Å². The molecule has 0 radical (unpaired) electrons. The van der Waals surface area contributed by atoms with Crippen LogP contribution in [0.3, 0.4) is 0 Å². The number of furan rings is 1. The molecule has 0 saturated carbocycles. The SMILES string of the molecule is CCNC(Cc1nc(-c2ccccc2)cs1)c1ccco1. The monoisotopic (exact) mass is 298 g/mol. The van der Waals surface area contributed by atoms with Crippen molar-refractivity contribution in [2.75, 3.05) is 6.54 Å². The minimum absolute atomic E-state index is 0.180. The molecule has 0 bridgehead atoms. The fraction of sp³-hybridized carbons (Fsp3) is 0.235. The maximum atomic E-state index is 5.53. The van der Waals surface area contributed by atoms with Crippen LogP contribution in [-0.4, -0.2) is 11.5 Å². The van der Waals surface area contributed by atoms with Crippen LogP contribution >= 0.6 is 11.3 Å². The van der Waals surface area contributed by atoms with Gasteiger partial charge in [-0.2, -0.15) is 0 Å². The second kappa shape index (κ2) is 6.70. The van der Waals surface area contributed by atoms with Crippen molar-refractivity contribution in [3.8, 4) is 11.3 Å². The number of nitrogens with one attached hydrogen (secondary N) is 1. The van der Waals surface area contributed by atoms with Crippen molar-refractivity contribution in [3.05, 3.63) is 64.9 Å². The van der Waals surface area contributed by atoms with Gasteiger partial charge in [0.15, 0.2) is 0 Å². The van der Waals surface area contributed by atoms with E-state index in [1.54, 1.807) is 17.6 Å². The summed E-state index contributed by atoms with van der Waals surface area (Å²) in [5, 5.41) is 6.70. The van der Waals surface area contributed by atoms with Gasteiger partial charge >= 0.3 is 0 Å². The van der Waals surface area contributed by atoms with Gasteiger partial charge in [0.1, 0.15) is 5.76 Å². The van der Waals surface area contributed by atoms with Gasteiger partial charge in [-0.3, -0.25) is 0 Å². The number of benzene rings is 1. The van der Waals surface area contributed by atoms with Gasteiger partial charge in [-0.1, -0.05) is 37.3 Å². The first kappa shape index (κ1) is 14.0. The fourth-order valence-electron chi connectivity index (χ4n) is 2.33. The molecular weight excluding hydrogens is 280 g/mol. The Morgan fingerprint density at radius 2 is 2.05 bits per heavy atom. The predicted molar refractivity (Wildman–Crippen MR) is 86.4 cm³/mol. The Balaban J connectivity index is 1.77. The van der Waals surface area contributed by atoms with E-state index < -0.39 is 0 Å². The molecule has 0 amide bonds. The predicted octanol–water partition coefficient (Wildman–Crippen LogP) is 4.30. The number of hydrogen-bond donors (Lipinski definition) is 1. The summed E-state index contributed by atoms with van der Waals surface area (Å²) in [4.78, 5) is 4.75. The maximum absolute atomic E-state index is 5.53. The maximum Gasteiger partial charge on any atom is 0.121 e. The third-order valence-corrected chi connectivity index (χ3v) is 4.21. The van der Waals surface area contributed by atoms with E-state index in [0.717, 1.165) is 35.0 Å². The standard InChI is InChI=1S/C17H18N2OS/c1-2-18-14(16-9-6-10-20-16)11-17-19-15(12-21-17)13-7-4-3-5-8-13/h3-10,12,14,18H,2,11H2,1H3. The molecule has 0 fully saturated rings. The van der Waals surface area contributed by atoms with Gasteiger partial charge in [0.25, 0.3) is 0 Å². The lowest BCUT2D eigenvalue weighted by Crippen LogP contribution is -2.22. The molecule has 0 saturated heterocycles. The molecule has 1 unspecified atom stereocenters. The summed E-state index contributed by atoms with van der Waals surface area (Å²) in [6.07, 6.45) is 2.57. The van der Waals surface area contributed by atoms with Crippen molar-refractivity contribution in [3.63, 3.8) is 0 Å². The lowest BCUT2D eigenvalue weighted by molar-refractivity contribution is 0.416. The van der Waals surface area contributed by atoms with Gasteiger partial charge in [0, 0.05) is 17.4 Å². The largest absolute Gasteiger partial charge is 0.468 e. The summed E-state index contributed by atoms with van der Waals surface area (Å²) in [7, 11) is 0. The van der Waals surface area contributed by atoms with E-state index in [1.165, 1.54) is 0 Å². The molecule has 2 heterocycles. The molecular formula is C17H18N2OS. The average molecular weight is 298 g/mol. The van der Waals surface area contributed by atoms with Gasteiger partial charge in [-0.05, 0) is 18.7 Å². The molecule has 0 aliphatic heterocycles. The van der Waals surface area contributed by atoms with E-state index in [1.807, 2.05) is 30.3 Å². The smallest absolute Gasteiger partial charge is 0.121 e. The van der Waals surface area contributed by atoms with Crippen molar-refractivity contribution in [1.29, 1.82) is 0 Å². The van der Waals surface area contributed by atoms with Crippen molar-refractivity contribution >= 4 is 11.3 Å². The summed E-state index contributed by atoms with van der Waals surface area (Å²) in [6.45, 7) is 3.01. The molecule has 1 N–H and O–H groups in total. The molecule has 0 aliphatic carbocycles. The number of hydrogen-bond acceptors (Lipinski definition) is 4. The van der Waals surface area contributed by atoms with Crippen molar-refractivity contribution < 1.29 is 4.42 Å². The quantitative estimate of drug-likeness (QED) is 0.737. The Kier molecular flexibility index (Phi) is 4.48. The Labute approximate surface area is 128 Å². The number of thiazole rings is 1. The Hall–Kier alpha value is -1.91. The van der Waals surface area contributed by atoms with Crippen LogP contribution in [0.15, 0.2) is 58.5 Å². The van der Waals surface area contributed by atoms with Crippen molar-refractivity contribution in [2.24, 2.45) is 0 Å². The van der Waals surface area contributed by atoms with E-state index in [-0.39, 0.29) is 6.04 Å². The highest BCUT2D eigenvalue weighted by Gasteiger charge is 2.16. The highest BCUT2D eigenvalue weighted by molar-refractivity contribution is 7.09. The molecule has 1 atom stereocenters. The molecule has 1 aromatic carbocycles. The van der Waals surface area contributed by atoms with Crippen LogP contribution < -0.4 is 5.32 Å². The zero-order chi connectivity index (χ0) is 14.5. The number of rotatable bonds is 6. The van der Waals surface area contributed by atoms with Crippen molar-refractivity contribution in [1.82, 2.24) is 10.3 Å². The first-order chi connectivity index (χ1) is 10.4. The van der Waals surface area contributed by atoms with Crippen LogP contribution in [0.1, 0.15) is 23.7 Å². The summed E-state index contributed by atoms with van der Waals surface area (Å²) in [5.41, 5.74) is 2.21. The lowest BCUT2D eigenvalue weighted by Gasteiger charge is -2.13. The number of likely N-dealkylation sites (N-methyl/N-ethyl adjacent to an activating group) is 1. The highest BCUT2D eigenvalue weighted by atomic mass is 32.1. The molecule has 3 nitrogen and oxygen atoms in total. The van der Waals surface area contributed by atoms with Gasteiger partial charge < -0.3 is 9.73 Å². The highest BCUT2D eigenvalue weighted by Crippen LogP contribution is 2.25. The molecule has 108 valence electrons. The summed E-state index contributed by atoms with van der Waals surface area (Å²) >= 11 is 1.70. The minimum atomic E-state index is 0.180. The second-order valence-corrected chi connectivity index (χ2v) is 5.76. The van der Waals surface area contributed by atoms with Gasteiger partial charge in [-0.25, -0.2) is 4.98 Å². The summed E-state index contributed by atoms with van der Waals surface area (Å²) < 4.78 is 5.53. The van der Waals surface area contributed by atoms with E-state index in [0.29, 0.717) is 0 Å². The van der Waals surface area contributed by atoms with Crippen LogP contribution in [0.5, 0.6) is 0 Å². The van der Waals surface area contributed by atoms with E-state index in [9.17, 15) is 0 Å². The lowest BCUT2D eigenvalue weighted by atomic mass is 10.1. The van der Waals surface area contributed by atoms with E-state index in [2.05, 4.69) is 29.8 Å². The van der Waals surface area contributed by atoms with E-state index >= 15 is 0 Å². The van der Waals surface area contributed by atoms with Crippen LogP contribution in [0.25, 0.3) is 11.3 Å². The van der Waals surface area contributed by atoms with E-state index in [4.69, 9.17) is 9.40 Å². The van der Waals surface area contributed by atoms with Crippen molar-refractivity contribution in [2.45, 2.75) is 19.4 Å². The first-order valence-electron chi connectivity index (χ1n) is 7.13. The Bertz CT molecular complexity index is 661. The number of nitrogens with zero attached hydrogens (tertiary/aromatic N) is 1. The van der Waals surface area contributed by atoms with Crippen LogP contribution in [0.2, 0.25) is 0 Å². The second-order valence-electron chi connectivity index (χ2n) is 4.82. The van der Waals surface area contributed by atoms with Gasteiger partial charge in [-0.15, -0.1) is 11.3 Å². The molecule has 4 heteroatoms. The first-order valence-corrected chi connectivity index (χ1v) is 8.01. The molecule has 2 aromatic heterocycles. The summed E-state index contributed by atoms with van der Waals surface area (Å²) in [6, 6.07) is 14.4. The normalized spacial score (nSPS) is 12.4. The Morgan fingerprint density at radius 3 is 2.76 bits per heavy atom. The molecule has 21 heavy (non-hydrogen) atoms. The minimum Gasteiger partial charge on any atom is -0.468 e. The topological polar surface area (TPSA) is 38.1 Å². The molecule has 3 aromatic rings. The number of aromatic nitrogens is 1. The molecule has 0 aliphatic rings. The zero-order valence-corrected chi connectivity index (χ0v) is 12.8.